The average Bonchev–Trinajstić information content (AvgIpc) is 2.39. The van der Waals surface area contributed by atoms with Gasteiger partial charge in [-0.05, 0) is 31.4 Å². The van der Waals surface area contributed by atoms with E-state index in [4.69, 9.17) is 5.84 Å². The molecule has 0 aliphatic carbocycles. The van der Waals surface area contributed by atoms with Crippen LogP contribution in [0.25, 0.3) is 0 Å². The van der Waals surface area contributed by atoms with Crippen molar-refractivity contribution in [3.05, 3.63) is 23.9 Å². The standard InChI is InChI=1S/C12H18N4O/c1-15(13)12(17)10-5-6-11(14-9-10)16-7-3-2-4-8-16/h5-6,9H,2-4,7-8,13H2,1H3. The number of carbonyl (C=O) groups excluding carboxylic acids is 1. The van der Waals surface area contributed by atoms with E-state index in [9.17, 15) is 4.79 Å². The monoisotopic (exact) mass is 234 g/mol. The van der Waals surface area contributed by atoms with Crippen molar-refractivity contribution in [3.63, 3.8) is 0 Å². The summed E-state index contributed by atoms with van der Waals surface area (Å²) in [6.07, 6.45) is 5.32. The Balaban J connectivity index is 2.09. The zero-order valence-electron chi connectivity index (χ0n) is 10.1. The maximum atomic E-state index is 11.6. The summed E-state index contributed by atoms with van der Waals surface area (Å²) < 4.78 is 0. The first-order valence-electron chi connectivity index (χ1n) is 5.92. The maximum Gasteiger partial charge on any atom is 0.269 e. The summed E-state index contributed by atoms with van der Waals surface area (Å²) >= 11 is 0. The highest BCUT2D eigenvalue weighted by atomic mass is 16.2. The van der Waals surface area contributed by atoms with Crippen molar-refractivity contribution in [1.29, 1.82) is 0 Å². The van der Waals surface area contributed by atoms with Gasteiger partial charge in [-0.1, -0.05) is 0 Å². The molecule has 5 heteroatoms. The largest absolute Gasteiger partial charge is 0.357 e. The summed E-state index contributed by atoms with van der Waals surface area (Å²) in [5.41, 5.74) is 0.524. The number of hydrazine groups is 1. The molecule has 0 spiro atoms. The molecule has 1 aliphatic rings. The molecule has 0 radical (unpaired) electrons. The summed E-state index contributed by atoms with van der Waals surface area (Å²) in [5.74, 6) is 6.12. The van der Waals surface area contributed by atoms with Gasteiger partial charge >= 0.3 is 0 Å². The molecular formula is C12H18N4O. The van der Waals surface area contributed by atoms with E-state index in [2.05, 4.69) is 9.88 Å². The van der Waals surface area contributed by atoms with Crippen LogP contribution >= 0.6 is 0 Å². The smallest absolute Gasteiger partial charge is 0.269 e. The second-order valence-electron chi connectivity index (χ2n) is 4.37. The second-order valence-corrected chi connectivity index (χ2v) is 4.37. The van der Waals surface area contributed by atoms with Crippen molar-refractivity contribution in [1.82, 2.24) is 9.99 Å². The molecule has 0 aromatic carbocycles. The number of hydrogen-bond donors (Lipinski definition) is 1. The van der Waals surface area contributed by atoms with Gasteiger partial charge in [0, 0.05) is 26.3 Å². The van der Waals surface area contributed by atoms with E-state index in [1.165, 1.54) is 26.3 Å². The maximum absolute atomic E-state index is 11.6. The van der Waals surface area contributed by atoms with Gasteiger partial charge in [0.05, 0.1) is 5.56 Å². The van der Waals surface area contributed by atoms with Crippen LogP contribution in [0.15, 0.2) is 18.3 Å². The van der Waals surface area contributed by atoms with Crippen LogP contribution in [-0.2, 0) is 0 Å². The third-order valence-electron chi connectivity index (χ3n) is 3.00. The number of piperidine rings is 1. The summed E-state index contributed by atoms with van der Waals surface area (Å²) in [5, 5.41) is 1.07. The number of rotatable bonds is 2. The second kappa shape index (κ2) is 5.14. The van der Waals surface area contributed by atoms with Gasteiger partial charge in [0.25, 0.3) is 5.91 Å². The van der Waals surface area contributed by atoms with Crippen LogP contribution in [-0.4, -0.2) is 36.0 Å². The molecule has 92 valence electrons. The SMILES string of the molecule is CN(N)C(=O)c1ccc(N2CCCCC2)nc1. The number of pyridine rings is 1. The molecule has 0 unspecified atom stereocenters. The Hall–Kier alpha value is -1.62. The van der Waals surface area contributed by atoms with Crippen LogP contribution in [0.3, 0.4) is 0 Å². The van der Waals surface area contributed by atoms with E-state index in [1.807, 2.05) is 6.07 Å². The molecular weight excluding hydrogens is 216 g/mol. The van der Waals surface area contributed by atoms with Gasteiger partial charge in [0.2, 0.25) is 0 Å². The topological polar surface area (TPSA) is 62.5 Å². The lowest BCUT2D eigenvalue weighted by Crippen LogP contribution is -2.33. The number of carbonyl (C=O) groups is 1. The lowest BCUT2D eigenvalue weighted by Gasteiger charge is -2.27. The van der Waals surface area contributed by atoms with E-state index >= 15 is 0 Å². The van der Waals surface area contributed by atoms with Crippen molar-refractivity contribution < 1.29 is 4.79 Å². The normalized spacial score (nSPS) is 15.8. The highest BCUT2D eigenvalue weighted by Gasteiger charge is 2.13. The molecule has 0 bridgehead atoms. The first kappa shape index (κ1) is 11.9. The van der Waals surface area contributed by atoms with Crippen LogP contribution in [0.2, 0.25) is 0 Å². The number of hydrogen-bond acceptors (Lipinski definition) is 4. The number of anilines is 1. The predicted molar refractivity (Wildman–Crippen MR) is 66.6 cm³/mol. The van der Waals surface area contributed by atoms with E-state index in [0.717, 1.165) is 23.9 Å². The summed E-state index contributed by atoms with van der Waals surface area (Å²) in [6.45, 7) is 2.11. The van der Waals surface area contributed by atoms with E-state index < -0.39 is 0 Å². The quantitative estimate of drug-likeness (QED) is 0.471. The number of aromatic nitrogens is 1. The Kier molecular flexibility index (Phi) is 3.58. The van der Waals surface area contributed by atoms with Crippen molar-refractivity contribution >= 4 is 11.7 Å². The van der Waals surface area contributed by atoms with Gasteiger partial charge in [0.1, 0.15) is 5.82 Å². The van der Waals surface area contributed by atoms with E-state index in [0.29, 0.717) is 5.56 Å². The molecule has 5 nitrogen and oxygen atoms in total. The molecule has 1 fully saturated rings. The van der Waals surface area contributed by atoms with Gasteiger partial charge in [-0.3, -0.25) is 9.80 Å². The van der Waals surface area contributed by atoms with E-state index in [-0.39, 0.29) is 5.91 Å². The van der Waals surface area contributed by atoms with Gasteiger partial charge in [-0.15, -0.1) is 0 Å². The highest BCUT2D eigenvalue weighted by molar-refractivity contribution is 5.93. The van der Waals surface area contributed by atoms with Gasteiger partial charge in [-0.2, -0.15) is 0 Å². The number of nitrogens with two attached hydrogens (primary N) is 1. The zero-order valence-corrected chi connectivity index (χ0v) is 10.1. The predicted octanol–water partition coefficient (Wildman–Crippen LogP) is 1.02. The van der Waals surface area contributed by atoms with Gasteiger partial charge in [-0.25, -0.2) is 10.8 Å². The van der Waals surface area contributed by atoms with E-state index in [1.54, 1.807) is 12.3 Å². The van der Waals surface area contributed by atoms with Gasteiger partial charge < -0.3 is 4.90 Å². The van der Waals surface area contributed by atoms with Crippen molar-refractivity contribution in [2.45, 2.75) is 19.3 Å². The van der Waals surface area contributed by atoms with Crippen molar-refractivity contribution in [2.24, 2.45) is 5.84 Å². The molecule has 2 rings (SSSR count). The lowest BCUT2D eigenvalue weighted by atomic mass is 10.1. The molecule has 2 heterocycles. The average molecular weight is 234 g/mol. The molecule has 17 heavy (non-hydrogen) atoms. The Bertz CT molecular complexity index is 382. The summed E-state index contributed by atoms with van der Waals surface area (Å²) in [4.78, 5) is 18.2. The Morgan fingerprint density at radius 1 is 1.35 bits per heavy atom. The van der Waals surface area contributed by atoms with Gasteiger partial charge in [0.15, 0.2) is 0 Å². The molecule has 2 N–H and O–H groups in total. The molecule has 1 aliphatic heterocycles. The minimum absolute atomic E-state index is 0.220. The highest BCUT2D eigenvalue weighted by Crippen LogP contribution is 2.17. The van der Waals surface area contributed by atoms with Crippen LogP contribution in [0.1, 0.15) is 29.6 Å². The Labute approximate surface area is 101 Å². The molecule has 1 aromatic heterocycles. The zero-order chi connectivity index (χ0) is 12.3. The third kappa shape index (κ3) is 2.74. The fraction of sp³-hybridized carbons (Fsp3) is 0.500. The molecule has 1 aromatic rings. The molecule has 0 atom stereocenters. The fourth-order valence-corrected chi connectivity index (χ4v) is 2.03. The van der Waals surface area contributed by atoms with Crippen LogP contribution < -0.4 is 10.7 Å². The Morgan fingerprint density at radius 2 is 2.06 bits per heavy atom. The minimum Gasteiger partial charge on any atom is -0.357 e. The fourth-order valence-electron chi connectivity index (χ4n) is 2.03. The first-order valence-corrected chi connectivity index (χ1v) is 5.92. The molecule has 0 saturated carbocycles. The molecule has 1 amide bonds. The van der Waals surface area contributed by atoms with Crippen LogP contribution in [0.4, 0.5) is 5.82 Å². The lowest BCUT2D eigenvalue weighted by molar-refractivity contribution is 0.0795. The Morgan fingerprint density at radius 3 is 2.59 bits per heavy atom. The minimum atomic E-state index is -0.220. The summed E-state index contributed by atoms with van der Waals surface area (Å²) in [7, 11) is 1.53. The third-order valence-corrected chi connectivity index (χ3v) is 3.00. The first-order chi connectivity index (χ1) is 8.18. The van der Waals surface area contributed by atoms with Crippen molar-refractivity contribution in [2.75, 3.05) is 25.0 Å². The number of nitrogens with zero attached hydrogens (tertiary/aromatic N) is 3. The van der Waals surface area contributed by atoms with Crippen molar-refractivity contribution in [3.8, 4) is 0 Å². The molecule has 1 saturated heterocycles. The van der Waals surface area contributed by atoms with Crippen LogP contribution in [0, 0.1) is 0 Å². The summed E-state index contributed by atoms with van der Waals surface area (Å²) in [6, 6.07) is 3.67. The van der Waals surface area contributed by atoms with Crippen LogP contribution in [0.5, 0.6) is 0 Å². The number of amides is 1.